The minimum Gasteiger partial charge on any atom is -0.361 e. The van der Waals surface area contributed by atoms with Crippen LogP contribution < -0.4 is 4.90 Å². The third kappa shape index (κ3) is 4.56. The largest absolute Gasteiger partial charge is 0.361 e. The molecular formula is C27H31N3O3. The van der Waals surface area contributed by atoms with Crippen LogP contribution in [0.25, 0.3) is 10.9 Å². The number of anilines is 1. The van der Waals surface area contributed by atoms with E-state index < -0.39 is 6.04 Å². The lowest BCUT2D eigenvalue weighted by Gasteiger charge is -2.27. The molecule has 0 saturated carbocycles. The molecule has 1 unspecified atom stereocenters. The highest BCUT2D eigenvalue weighted by atomic mass is 16.2. The lowest BCUT2D eigenvalue weighted by molar-refractivity contribution is -0.138. The molecular weight excluding hydrogens is 414 g/mol. The van der Waals surface area contributed by atoms with Crippen LogP contribution in [0.15, 0.2) is 54.7 Å². The van der Waals surface area contributed by atoms with Crippen LogP contribution in [-0.4, -0.2) is 40.2 Å². The van der Waals surface area contributed by atoms with E-state index in [0.717, 1.165) is 22.0 Å². The predicted molar refractivity (Wildman–Crippen MR) is 130 cm³/mol. The van der Waals surface area contributed by atoms with E-state index in [-0.39, 0.29) is 24.1 Å². The van der Waals surface area contributed by atoms with Crippen LogP contribution in [0.1, 0.15) is 57.1 Å². The van der Waals surface area contributed by atoms with Crippen molar-refractivity contribution in [2.45, 2.75) is 58.4 Å². The van der Waals surface area contributed by atoms with Crippen molar-refractivity contribution in [3.8, 4) is 0 Å². The number of benzene rings is 2. The molecule has 1 atom stereocenters. The van der Waals surface area contributed by atoms with Crippen LogP contribution in [-0.2, 0) is 20.8 Å². The molecule has 3 aromatic rings. The molecule has 1 aliphatic heterocycles. The monoisotopic (exact) mass is 445 g/mol. The first-order valence-corrected chi connectivity index (χ1v) is 11.7. The van der Waals surface area contributed by atoms with Gasteiger partial charge in [-0.25, -0.2) is 4.90 Å². The lowest BCUT2D eigenvalue weighted by atomic mass is 10.0. The molecule has 1 fully saturated rings. The van der Waals surface area contributed by atoms with Gasteiger partial charge in [-0.15, -0.1) is 0 Å². The summed E-state index contributed by atoms with van der Waals surface area (Å²) in [6.07, 6.45) is 3.64. The SMILES string of the molecule is CCCC(=O)N(CCc1c[nH]c2ccccc12)C1CC(=O)N(c2ccc(C(C)C)cc2)C1=O. The zero-order valence-electron chi connectivity index (χ0n) is 19.5. The smallest absolute Gasteiger partial charge is 0.257 e. The topological polar surface area (TPSA) is 73.5 Å². The number of nitrogens with one attached hydrogen (secondary N) is 1. The Kier molecular flexibility index (Phi) is 6.63. The lowest BCUT2D eigenvalue weighted by Crippen LogP contribution is -2.46. The number of carbonyl (C=O) groups excluding carboxylic acids is 3. The molecule has 1 saturated heterocycles. The maximum atomic E-state index is 13.4. The van der Waals surface area contributed by atoms with Crippen LogP contribution in [0.4, 0.5) is 5.69 Å². The van der Waals surface area contributed by atoms with Crippen molar-refractivity contribution in [1.29, 1.82) is 0 Å². The third-order valence-corrected chi connectivity index (χ3v) is 6.40. The number of hydrogen-bond donors (Lipinski definition) is 1. The van der Waals surface area contributed by atoms with E-state index in [1.807, 2.05) is 61.7 Å². The van der Waals surface area contributed by atoms with Gasteiger partial charge in [0.25, 0.3) is 5.91 Å². The number of hydrogen-bond acceptors (Lipinski definition) is 3. The summed E-state index contributed by atoms with van der Waals surface area (Å²) in [5.41, 5.74) is 3.85. The molecule has 0 bridgehead atoms. The highest BCUT2D eigenvalue weighted by molar-refractivity contribution is 6.23. The molecule has 1 N–H and O–H groups in total. The fourth-order valence-corrected chi connectivity index (χ4v) is 4.53. The number of aromatic nitrogens is 1. The molecule has 3 amide bonds. The summed E-state index contributed by atoms with van der Waals surface area (Å²) in [4.78, 5) is 45.4. The Hall–Kier alpha value is -3.41. The fraction of sp³-hybridized carbons (Fsp3) is 0.370. The molecule has 2 heterocycles. The van der Waals surface area contributed by atoms with Crippen LogP contribution in [0.5, 0.6) is 0 Å². The normalized spacial score (nSPS) is 16.2. The number of rotatable bonds is 8. The van der Waals surface area contributed by atoms with Gasteiger partial charge in [0, 0.05) is 30.1 Å². The first-order valence-electron chi connectivity index (χ1n) is 11.7. The van der Waals surface area contributed by atoms with E-state index in [4.69, 9.17) is 0 Å². The number of imide groups is 1. The summed E-state index contributed by atoms with van der Waals surface area (Å²) >= 11 is 0. The first-order chi connectivity index (χ1) is 15.9. The molecule has 0 aliphatic carbocycles. The van der Waals surface area contributed by atoms with Gasteiger partial charge < -0.3 is 9.88 Å². The van der Waals surface area contributed by atoms with E-state index in [0.29, 0.717) is 37.4 Å². The maximum absolute atomic E-state index is 13.4. The summed E-state index contributed by atoms with van der Waals surface area (Å²) in [7, 11) is 0. The summed E-state index contributed by atoms with van der Waals surface area (Å²) in [5.74, 6) is -0.298. The molecule has 6 nitrogen and oxygen atoms in total. The third-order valence-electron chi connectivity index (χ3n) is 6.40. The van der Waals surface area contributed by atoms with Gasteiger partial charge >= 0.3 is 0 Å². The molecule has 6 heteroatoms. The van der Waals surface area contributed by atoms with Crippen molar-refractivity contribution in [1.82, 2.24) is 9.88 Å². The molecule has 172 valence electrons. The molecule has 2 aromatic carbocycles. The van der Waals surface area contributed by atoms with Gasteiger partial charge in [0.2, 0.25) is 11.8 Å². The standard InChI is InChI=1S/C27H31N3O3/c1-4-7-25(31)29(15-14-20-17-28-23-9-6-5-8-22(20)23)24-16-26(32)30(27(24)33)21-12-10-19(11-13-21)18(2)3/h5-6,8-13,17-18,24,28H,4,7,14-16H2,1-3H3. The Bertz CT molecular complexity index is 1160. The Morgan fingerprint density at radius 3 is 2.55 bits per heavy atom. The summed E-state index contributed by atoms with van der Waals surface area (Å²) in [5, 5.41) is 1.11. The average Bonchev–Trinajstić information content (AvgIpc) is 3.34. The first kappa shape index (κ1) is 22.8. The van der Waals surface area contributed by atoms with E-state index in [9.17, 15) is 14.4 Å². The summed E-state index contributed by atoms with van der Waals surface area (Å²) < 4.78 is 0. The van der Waals surface area contributed by atoms with Crippen LogP contribution in [0.2, 0.25) is 0 Å². The van der Waals surface area contributed by atoms with Gasteiger partial charge in [0.05, 0.1) is 12.1 Å². The second kappa shape index (κ2) is 9.61. The molecule has 0 spiro atoms. The van der Waals surface area contributed by atoms with Crippen molar-refractivity contribution in [3.05, 3.63) is 65.9 Å². The zero-order valence-corrected chi connectivity index (χ0v) is 19.5. The quantitative estimate of drug-likeness (QED) is 0.507. The fourth-order valence-electron chi connectivity index (χ4n) is 4.53. The van der Waals surface area contributed by atoms with Gasteiger partial charge in [-0.05, 0) is 48.1 Å². The highest BCUT2D eigenvalue weighted by Gasteiger charge is 2.44. The zero-order chi connectivity index (χ0) is 23.5. The van der Waals surface area contributed by atoms with Gasteiger partial charge in [0.1, 0.15) is 6.04 Å². The minimum absolute atomic E-state index is 0.0219. The minimum atomic E-state index is -0.758. The van der Waals surface area contributed by atoms with Crippen LogP contribution in [0.3, 0.4) is 0 Å². The van der Waals surface area contributed by atoms with Crippen molar-refractivity contribution in [2.24, 2.45) is 0 Å². The van der Waals surface area contributed by atoms with Gasteiger partial charge in [0.15, 0.2) is 0 Å². The van der Waals surface area contributed by atoms with Gasteiger partial charge in [-0.2, -0.15) is 0 Å². The highest BCUT2D eigenvalue weighted by Crippen LogP contribution is 2.28. The molecule has 0 radical (unpaired) electrons. The van der Waals surface area contributed by atoms with Crippen LogP contribution >= 0.6 is 0 Å². The van der Waals surface area contributed by atoms with Crippen molar-refractivity contribution in [2.75, 3.05) is 11.4 Å². The second-order valence-corrected chi connectivity index (χ2v) is 8.98. The van der Waals surface area contributed by atoms with E-state index in [1.165, 1.54) is 4.90 Å². The Labute approximate surface area is 194 Å². The molecule has 33 heavy (non-hydrogen) atoms. The number of amides is 3. The summed E-state index contributed by atoms with van der Waals surface area (Å²) in [6, 6.07) is 14.8. The number of aromatic amines is 1. The van der Waals surface area contributed by atoms with Crippen LogP contribution in [0, 0.1) is 0 Å². The molecule has 1 aliphatic rings. The number of para-hydroxylation sites is 1. The van der Waals surface area contributed by atoms with Gasteiger partial charge in [-0.3, -0.25) is 14.4 Å². The Morgan fingerprint density at radius 2 is 1.85 bits per heavy atom. The number of fused-ring (bicyclic) bond motifs is 1. The number of nitrogens with zero attached hydrogens (tertiary/aromatic N) is 2. The van der Waals surface area contributed by atoms with E-state index >= 15 is 0 Å². The predicted octanol–water partition coefficient (Wildman–Crippen LogP) is 4.79. The van der Waals surface area contributed by atoms with Crippen molar-refractivity contribution >= 4 is 34.3 Å². The van der Waals surface area contributed by atoms with Gasteiger partial charge in [-0.1, -0.05) is 51.1 Å². The molecule has 4 rings (SSSR count). The maximum Gasteiger partial charge on any atom is 0.257 e. The van der Waals surface area contributed by atoms with Crippen molar-refractivity contribution in [3.63, 3.8) is 0 Å². The number of H-pyrrole nitrogens is 1. The molecule has 1 aromatic heterocycles. The summed E-state index contributed by atoms with van der Waals surface area (Å²) in [6.45, 7) is 6.54. The van der Waals surface area contributed by atoms with Crippen molar-refractivity contribution < 1.29 is 14.4 Å². The number of carbonyl (C=O) groups is 3. The second-order valence-electron chi connectivity index (χ2n) is 8.98. The Balaban J connectivity index is 1.56. The van der Waals surface area contributed by atoms with E-state index in [1.54, 1.807) is 4.90 Å². The van der Waals surface area contributed by atoms with E-state index in [2.05, 4.69) is 18.8 Å². The Morgan fingerprint density at radius 1 is 1.12 bits per heavy atom. The average molecular weight is 446 g/mol.